The quantitative estimate of drug-likeness (QED) is 0.161. The molecule has 0 bridgehead atoms. The number of ether oxygens (including phenoxy) is 1. The van der Waals surface area contributed by atoms with E-state index < -0.39 is 27.3 Å². The SMILES string of the molecule is CCCCCCCCCCCCC(CCOC(=O)/C=C\C(=O)O)S(=O)(=O)O. The number of aliphatic carboxylic acids is 1. The summed E-state index contributed by atoms with van der Waals surface area (Å²) in [6.07, 6.45) is 13.0. The molecule has 0 heterocycles. The van der Waals surface area contributed by atoms with Crippen LogP contribution in [0.2, 0.25) is 0 Å². The van der Waals surface area contributed by atoms with E-state index in [0.717, 1.165) is 25.3 Å². The van der Waals surface area contributed by atoms with Crippen molar-refractivity contribution < 1.29 is 32.4 Å². The summed E-state index contributed by atoms with van der Waals surface area (Å²) in [4.78, 5) is 21.5. The topological polar surface area (TPSA) is 118 Å². The van der Waals surface area contributed by atoms with E-state index in [4.69, 9.17) is 9.84 Å². The highest BCUT2D eigenvalue weighted by Crippen LogP contribution is 2.16. The standard InChI is InChI=1S/C19H34O7S/c1-2-3-4-5-6-7-8-9-10-11-12-17(27(23,24)25)15-16-26-19(22)14-13-18(20)21/h13-14,17H,2-12,15-16H2,1H3,(H,20,21)(H,23,24,25)/b14-13-. The highest BCUT2D eigenvalue weighted by molar-refractivity contribution is 7.86. The molecule has 0 aromatic rings. The molecule has 0 rings (SSSR count). The second kappa shape index (κ2) is 15.6. The van der Waals surface area contributed by atoms with E-state index >= 15 is 0 Å². The number of carboxylic acid groups (broad SMARTS) is 1. The summed E-state index contributed by atoms with van der Waals surface area (Å²) in [5, 5.41) is 7.43. The largest absolute Gasteiger partial charge is 0.478 e. The Morgan fingerprint density at radius 2 is 1.41 bits per heavy atom. The van der Waals surface area contributed by atoms with Gasteiger partial charge in [-0.25, -0.2) is 9.59 Å². The third-order valence-electron chi connectivity index (χ3n) is 4.35. The average molecular weight is 407 g/mol. The molecule has 8 heteroatoms. The summed E-state index contributed by atoms with van der Waals surface area (Å²) < 4.78 is 36.9. The molecule has 2 N–H and O–H groups in total. The van der Waals surface area contributed by atoms with Gasteiger partial charge in [-0.2, -0.15) is 8.42 Å². The highest BCUT2D eigenvalue weighted by atomic mass is 32.2. The van der Waals surface area contributed by atoms with Crippen LogP contribution in [0.25, 0.3) is 0 Å². The summed E-state index contributed by atoms with van der Waals surface area (Å²) in [6, 6.07) is 0. The lowest BCUT2D eigenvalue weighted by molar-refractivity contribution is -0.138. The van der Waals surface area contributed by atoms with Gasteiger partial charge in [0.15, 0.2) is 0 Å². The molecule has 1 atom stereocenters. The summed E-state index contributed by atoms with van der Waals surface area (Å²) in [6.45, 7) is 2.01. The van der Waals surface area contributed by atoms with Crippen molar-refractivity contribution in [1.29, 1.82) is 0 Å². The van der Waals surface area contributed by atoms with Gasteiger partial charge in [0.2, 0.25) is 0 Å². The fraction of sp³-hybridized carbons (Fsp3) is 0.789. The molecule has 27 heavy (non-hydrogen) atoms. The van der Waals surface area contributed by atoms with Gasteiger partial charge in [-0.15, -0.1) is 0 Å². The van der Waals surface area contributed by atoms with Gasteiger partial charge in [-0.1, -0.05) is 71.1 Å². The van der Waals surface area contributed by atoms with Crippen molar-refractivity contribution in [1.82, 2.24) is 0 Å². The molecule has 7 nitrogen and oxygen atoms in total. The minimum Gasteiger partial charge on any atom is -0.478 e. The molecule has 0 aliphatic rings. The van der Waals surface area contributed by atoms with Gasteiger partial charge in [0.05, 0.1) is 11.9 Å². The lowest BCUT2D eigenvalue weighted by Gasteiger charge is -2.13. The predicted octanol–water partition coefficient (Wildman–Crippen LogP) is 4.13. The monoisotopic (exact) mass is 406 g/mol. The summed E-state index contributed by atoms with van der Waals surface area (Å²) in [5.41, 5.74) is 0. The molecule has 0 amide bonds. The van der Waals surface area contributed by atoms with Crippen LogP contribution in [0, 0.1) is 0 Å². The summed E-state index contributed by atoms with van der Waals surface area (Å²) in [5.74, 6) is -2.13. The lowest BCUT2D eigenvalue weighted by atomic mass is 10.0. The van der Waals surface area contributed by atoms with Crippen LogP contribution in [0.5, 0.6) is 0 Å². The normalized spacial score (nSPS) is 13.0. The van der Waals surface area contributed by atoms with Gasteiger partial charge in [-0.3, -0.25) is 4.55 Å². The Balaban J connectivity index is 3.93. The van der Waals surface area contributed by atoms with Crippen molar-refractivity contribution in [2.45, 2.75) is 89.2 Å². The van der Waals surface area contributed by atoms with Crippen molar-refractivity contribution in [3.05, 3.63) is 12.2 Å². The van der Waals surface area contributed by atoms with Crippen LogP contribution in [0.15, 0.2) is 12.2 Å². The Kier molecular flexibility index (Phi) is 14.8. The predicted molar refractivity (Wildman–Crippen MR) is 104 cm³/mol. The van der Waals surface area contributed by atoms with Crippen molar-refractivity contribution in [2.75, 3.05) is 6.61 Å². The first-order chi connectivity index (χ1) is 12.8. The van der Waals surface area contributed by atoms with E-state index in [1.165, 1.54) is 38.5 Å². The lowest BCUT2D eigenvalue weighted by Crippen LogP contribution is -2.23. The molecule has 0 fully saturated rings. The van der Waals surface area contributed by atoms with Gasteiger partial charge >= 0.3 is 11.9 Å². The minimum atomic E-state index is -4.20. The molecular weight excluding hydrogens is 372 g/mol. The van der Waals surface area contributed by atoms with Crippen LogP contribution in [0.4, 0.5) is 0 Å². The molecule has 0 saturated carbocycles. The molecule has 0 radical (unpaired) electrons. The number of carboxylic acids is 1. The third kappa shape index (κ3) is 16.5. The van der Waals surface area contributed by atoms with Crippen LogP contribution in [-0.2, 0) is 24.4 Å². The molecule has 0 aliphatic carbocycles. The Bertz CT molecular complexity index is 540. The van der Waals surface area contributed by atoms with Gasteiger partial charge in [0.1, 0.15) is 0 Å². The number of hydrogen-bond acceptors (Lipinski definition) is 5. The Labute approximate surface area is 162 Å². The smallest absolute Gasteiger partial charge is 0.331 e. The molecule has 0 spiro atoms. The maximum atomic E-state index is 11.4. The van der Waals surface area contributed by atoms with Crippen LogP contribution >= 0.6 is 0 Å². The van der Waals surface area contributed by atoms with E-state index in [1.807, 2.05) is 0 Å². The first-order valence-corrected chi connectivity index (χ1v) is 11.3. The van der Waals surface area contributed by atoms with Crippen LogP contribution in [0.3, 0.4) is 0 Å². The second-order valence-corrected chi connectivity index (χ2v) is 8.43. The number of carbonyl (C=O) groups excluding carboxylic acids is 1. The van der Waals surface area contributed by atoms with Crippen molar-refractivity contribution in [3.8, 4) is 0 Å². The van der Waals surface area contributed by atoms with Gasteiger partial charge in [-0.05, 0) is 6.42 Å². The first kappa shape index (κ1) is 25.6. The molecule has 0 aromatic carbocycles. The zero-order valence-corrected chi connectivity index (χ0v) is 17.1. The van der Waals surface area contributed by atoms with E-state index in [1.54, 1.807) is 0 Å². The number of hydrogen-bond donors (Lipinski definition) is 2. The van der Waals surface area contributed by atoms with E-state index in [-0.39, 0.29) is 13.0 Å². The number of carbonyl (C=O) groups is 2. The maximum absolute atomic E-state index is 11.4. The van der Waals surface area contributed by atoms with Crippen LogP contribution < -0.4 is 0 Å². The van der Waals surface area contributed by atoms with Crippen LogP contribution in [-0.4, -0.2) is 41.9 Å². The van der Waals surface area contributed by atoms with E-state index in [2.05, 4.69) is 6.92 Å². The molecule has 0 saturated heterocycles. The number of esters is 1. The summed E-state index contributed by atoms with van der Waals surface area (Å²) >= 11 is 0. The van der Waals surface area contributed by atoms with Gasteiger partial charge < -0.3 is 9.84 Å². The number of rotatable bonds is 17. The summed E-state index contributed by atoms with van der Waals surface area (Å²) in [7, 11) is -4.20. The fourth-order valence-corrected chi connectivity index (χ4v) is 3.64. The van der Waals surface area contributed by atoms with E-state index in [0.29, 0.717) is 18.9 Å². The van der Waals surface area contributed by atoms with Crippen LogP contribution in [0.1, 0.15) is 84.0 Å². The number of unbranched alkanes of at least 4 members (excludes halogenated alkanes) is 9. The van der Waals surface area contributed by atoms with Crippen molar-refractivity contribution in [3.63, 3.8) is 0 Å². The van der Waals surface area contributed by atoms with Crippen molar-refractivity contribution in [2.24, 2.45) is 0 Å². The van der Waals surface area contributed by atoms with E-state index in [9.17, 15) is 22.6 Å². The zero-order chi connectivity index (χ0) is 20.5. The van der Waals surface area contributed by atoms with Gasteiger partial charge in [0.25, 0.3) is 10.1 Å². The molecule has 158 valence electrons. The second-order valence-electron chi connectivity index (χ2n) is 6.74. The van der Waals surface area contributed by atoms with Crippen molar-refractivity contribution >= 4 is 22.1 Å². The minimum absolute atomic E-state index is 0.0110. The zero-order valence-electron chi connectivity index (χ0n) is 16.3. The Morgan fingerprint density at radius 1 is 0.889 bits per heavy atom. The molecule has 1 unspecified atom stereocenters. The molecular formula is C19H34O7S. The maximum Gasteiger partial charge on any atom is 0.331 e. The van der Waals surface area contributed by atoms with Gasteiger partial charge in [0, 0.05) is 18.6 Å². The third-order valence-corrected chi connectivity index (χ3v) is 5.66. The average Bonchev–Trinajstić information content (AvgIpc) is 2.59. The molecule has 0 aliphatic heterocycles. The fourth-order valence-electron chi connectivity index (χ4n) is 2.78. The highest BCUT2D eigenvalue weighted by Gasteiger charge is 2.22. The molecule has 0 aromatic heterocycles. The first-order valence-electron chi connectivity index (χ1n) is 9.81. The Hall–Kier alpha value is -1.41. The Morgan fingerprint density at radius 3 is 1.89 bits per heavy atom.